The molecule has 0 aromatic carbocycles. The van der Waals surface area contributed by atoms with Crippen molar-refractivity contribution in [2.75, 3.05) is 0 Å². The van der Waals surface area contributed by atoms with Crippen LogP contribution >= 0.6 is 0 Å². The molecule has 0 atom stereocenters. The maximum atomic E-state index is 11.0. The van der Waals surface area contributed by atoms with E-state index in [1.54, 1.807) is 12.3 Å². The Morgan fingerprint density at radius 3 is 2.92 bits per heavy atom. The van der Waals surface area contributed by atoms with Crippen LogP contribution in [-0.4, -0.2) is 15.8 Å². The zero-order valence-corrected chi connectivity index (χ0v) is 9.90. The van der Waals surface area contributed by atoms with Crippen molar-refractivity contribution in [2.45, 2.75) is 6.92 Å². The van der Waals surface area contributed by atoms with Crippen LogP contribution in [0.4, 0.5) is 0 Å². The Kier molecular flexibility index (Phi) is 3.28. The van der Waals surface area contributed by atoms with Crippen molar-refractivity contribution >= 4 is 16.8 Å². The number of nitrogens with zero attached hydrogens (tertiary/aromatic N) is 3. The minimum Gasteiger partial charge on any atom is -0.442 e. The van der Waals surface area contributed by atoms with Crippen LogP contribution in [0.25, 0.3) is 11.0 Å². The molecule has 0 unspecified atom stereocenters. The number of Topliss-reactive ketones (excluding diaryl/α,β-unsaturated/α-hetero) is 1. The van der Waals surface area contributed by atoms with Gasteiger partial charge in [-0.2, -0.15) is 0 Å². The molecule has 0 aliphatic carbocycles. The third-order valence-electron chi connectivity index (χ3n) is 1.63. The summed E-state index contributed by atoms with van der Waals surface area (Å²) < 4.78 is 0. The summed E-state index contributed by atoms with van der Waals surface area (Å²) in [6.45, 7) is 1.48. The number of carbonyl (C=O) groups is 1. The van der Waals surface area contributed by atoms with Crippen molar-refractivity contribution in [3.8, 4) is 0 Å². The van der Waals surface area contributed by atoms with Gasteiger partial charge in [-0.05, 0) is 5.65 Å². The molecule has 13 heavy (non-hydrogen) atoms. The average Bonchev–Trinajstić information content (AvgIpc) is 2.49. The van der Waals surface area contributed by atoms with Gasteiger partial charge in [-0.1, -0.05) is 12.3 Å². The van der Waals surface area contributed by atoms with Gasteiger partial charge in [0.05, 0.1) is 0 Å². The van der Waals surface area contributed by atoms with Crippen LogP contribution in [0.1, 0.15) is 17.4 Å². The first-order valence-corrected chi connectivity index (χ1v) is 3.52. The van der Waals surface area contributed by atoms with Crippen LogP contribution in [-0.2, 0) is 32.7 Å². The van der Waals surface area contributed by atoms with E-state index < -0.39 is 0 Å². The smallest absolute Gasteiger partial charge is 0.178 e. The van der Waals surface area contributed by atoms with E-state index in [-0.39, 0.29) is 38.5 Å². The first kappa shape index (κ1) is 10.5. The fraction of sp³-hybridized carbons (Fsp3) is 0.125. The van der Waals surface area contributed by atoms with Crippen LogP contribution in [0.3, 0.4) is 0 Å². The molecule has 0 saturated carbocycles. The molecule has 2 aromatic rings. The third kappa shape index (κ3) is 1.84. The largest absolute Gasteiger partial charge is 0.442 e. The summed E-state index contributed by atoms with van der Waals surface area (Å²) >= 11 is 0. The zero-order valence-electron chi connectivity index (χ0n) is 7.06. The summed E-state index contributed by atoms with van der Waals surface area (Å²) in [6.07, 6.45) is 2.97. The second-order valence-corrected chi connectivity index (χ2v) is 2.46. The van der Waals surface area contributed by atoms with Crippen LogP contribution in [0.2, 0.25) is 0 Å². The second-order valence-electron chi connectivity index (χ2n) is 2.46. The maximum Gasteiger partial charge on any atom is 0.178 e. The normalized spacial score (nSPS) is 9.62. The van der Waals surface area contributed by atoms with E-state index in [1.807, 2.05) is 0 Å². The van der Waals surface area contributed by atoms with Gasteiger partial charge in [-0.25, -0.2) is 0 Å². The van der Waals surface area contributed by atoms with Crippen molar-refractivity contribution in [1.82, 2.24) is 15.0 Å². The number of carbonyl (C=O) groups excluding carboxylic acids is 1. The molecule has 5 heteroatoms. The van der Waals surface area contributed by atoms with E-state index in [1.165, 1.54) is 13.3 Å². The van der Waals surface area contributed by atoms with Gasteiger partial charge in [-0.3, -0.25) is 9.78 Å². The van der Waals surface area contributed by atoms with E-state index in [4.69, 9.17) is 0 Å². The van der Waals surface area contributed by atoms with E-state index >= 15 is 0 Å². The second kappa shape index (κ2) is 4.07. The predicted molar refractivity (Wildman–Crippen MR) is 42.9 cm³/mol. The van der Waals surface area contributed by atoms with Gasteiger partial charge >= 0.3 is 0 Å². The van der Waals surface area contributed by atoms with E-state index in [0.717, 1.165) is 5.39 Å². The Morgan fingerprint density at radius 2 is 2.23 bits per heavy atom. The van der Waals surface area contributed by atoms with Gasteiger partial charge < -0.3 is 9.97 Å². The fourth-order valence-electron chi connectivity index (χ4n) is 1.11. The molecule has 0 amide bonds. The molecular formula is C8H6N3OY-. The summed E-state index contributed by atoms with van der Waals surface area (Å²) in [5.74, 6) is -0.0598. The zero-order chi connectivity index (χ0) is 8.55. The number of rotatable bonds is 1. The molecule has 0 N–H and O–H groups in total. The van der Waals surface area contributed by atoms with Crippen molar-refractivity contribution in [2.24, 2.45) is 0 Å². The van der Waals surface area contributed by atoms with Crippen molar-refractivity contribution < 1.29 is 37.5 Å². The number of hydrogen-bond donors (Lipinski definition) is 0. The Hall–Kier alpha value is -0.606. The Bertz CT molecular complexity index is 438. The quantitative estimate of drug-likeness (QED) is 0.701. The number of fused-ring (bicyclic) bond motifs is 1. The topological polar surface area (TPSA) is 57.0 Å². The van der Waals surface area contributed by atoms with E-state index in [2.05, 4.69) is 15.0 Å². The van der Waals surface area contributed by atoms with Gasteiger partial charge in [-0.15, -0.1) is 0 Å². The average molecular weight is 249 g/mol. The van der Waals surface area contributed by atoms with E-state index in [0.29, 0.717) is 11.3 Å². The summed E-state index contributed by atoms with van der Waals surface area (Å²) in [5, 5.41) is 0.727. The summed E-state index contributed by atoms with van der Waals surface area (Å²) in [4.78, 5) is 22.8. The van der Waals surface area contributed by atoms with Gasteiger partial charge in [0.25, 0.3) is 0 Å². The molecule has 2 aromatic heterocycles. The van der Waals surface area contributed by atoms with Gasteiger partial charge in [0, 0.05) is 51.3 Å². The molecule has 0 saturated heterocycles. The molecule has 1 radical (unpaired) electrons. The van der Waals surface area contributed by atoms with Gasteiger partial charge in [0.15, 0.2) is 5.78 Å². The molecule has 0 fully saturated rings. The van der Waals surface area contributed by atoms with Crippen LogP contribution < -0.4 is 4.98 Å². The molecule has 0 aliphatic heterocycles. The summed E-state index contributed by atoms with van der Waals surface area (Å²) in [5.41, 5.74) is 1.02. The summed E-state index contributed by atoms with van der Waals surface area (Å²) in [7, 11) is 0. The fourth-order valence-corrected chi connectivity index (χ4v) is 1.11. The molecule has 0 bridgehead atoms. The molecule has 2 rings (SSSR count). The predicted octanol–water partition coefficient (Wildman–Crippen LogP) is 0.787. The first-order chi connectivity index (χ1) is 5.79. The number of aromatic nitrogens is 3. The molecule has 63 valence electrons. The molecule has 0 spiro atoms. The minimum absolute atomic E-state index is 0. The third-order valence-corrected chi connectivity index (χ3v) is 1.63. The SMILES string of the molecule is CC(=O)c1ncnc2[n-]ccc12.[Y]. The molecule has 2 heterocycles. The van der Waals surface area contributed by atoms with Crippen LogP contribution in [0, 0.1) is 0 Å². The van der Waals surface area contributed by atoms with E-state index in [9.17, 15) is 4.79 Å². The van der Waals surface area contributed by atoms with Crippen molar-refractivity contribution in [1.29, 1.82) is 0 Å². The van der Waals surface area contributed by atoms with Crippen LogP contribution in [0.15, 0.2) is 18.6 Å². The number of ketones is 1. The van der Waals surface area contributed by atoms with Crippen LogP contribution in [0.5, 0.6) is 0 Å². The Morgan fingerprint density at radius 1 is 1.46 bits per heavy atom. The molecule has 0 aliphatic rings. The standard InChI is InChI=1S/C8H7N3O.Y/c1-5(12)7-6-2-3-9-8(6)11-4-10-7;/h2-4H,1H3,(H,9,10,11,12);/p-1. The minimum atomic E-state index is -0.0598. The maximum absolute atomic E-state index is 11.0. The Balaban J connectivity index is 0.000000845. The van der Waals surface area contributed by atoms with Gasteiger partial charge in [0.1, 0.15) is 5.69 Å². The number of hydrogen-bond acceptors (Lipinski definition) is 3. The molecule has 4 nitrogen and oxygen atoms in total. The monoisotopic (exact) mass is 249 g/mol. The van der Waals surface area contributed by atoms with Gasteiger partial charge in [0.2, 0.25) is 0 Å². The van der Waals surface area contributed by atoms with Crippen molar-refractivity contribution in [3.05, 3.63) is 24.3 Å². The Labute approximate surface area is 100 Å². The molecular weight excluding hydrogens is 243 g/mol. The first-order valence-electron chi connectivity index (χ1n) is 3.52. The summed E-state index contributed by atoms with van der Waals surface area (Å²) in [6, 6.07) is 1.74. The van der Waals surface area contributed by atoms with Crippen molar-refractivity contribution in [3.63, 3.8) is 0 Å².